The van der Waals surface area contributed by atoms with Gasteiger partial charge in [-0.25, -0.2) is 0 Å². The van der Waals surface area contributed by atoms with Crippen LogP contribution in [0.15, 0.2) is 34.4 Å². The molecule has 1 aromatic rings. The molecule has 0 unspecified atom stereocenters. The van der Waals surface area contributed by atoms with E-state index in [-0.39, 0.29) is 16.3 Å². The average Bonchev–Trinajstić information content (AvgIpc) is 2.39. The molecule has 1 aromatic carbocycles. The van der Waals surface area contributed by atoms with Crippen LogP contribution in [0.1, 0.15) is 5.56 Å². The topological polar surface area (TPSA) is 138 Å². The molecule has 1 rings (SSSR count). The Balaban J connectivity index is 3.37. The first-order chi connectivity index (χ1) is 9.33. The van der Waals surface area contributed by atoms with Crippen molar-refractivity contribution in [1.29, 1.82) is 15.8 Å². The first kappa shape index (κ1) is 15.2. The van der Waals surface area contributed by atoms with Gasteiger partial charge in [0, 0.05) is 5.69 Å². The van der Waals surface area contributed by atoms with Crippen LogP contribution in [-0.4, -0.2) is 13.0 Å². The van der Waals surface area contributed by atoms with Crippen molar-refractivity contribution in [2.75, 3.05) is 5.32 Å². The fourth-order valence-electron chi connectivity index (χ4n) is 1.31. The molecule has 0 heterocycles. The maximum absolute atomic E-state index is 11.0. The molecule has 20 heavy (non-hydrogen) atoms. The Labute approximate surface area is 115 Å². The van der Waals surface area contributed by atoms with Gasteiger partial charge in [-0.05, 0) is 24.6 Å². The molecule has 0 amide bonds. The Morgan fingerprint density at radius 3 is 2.25 bits per heavy atom. The molecule has 0 radical (unpaired) electrons. The van der Waals surface area contributed by atoms with Crippen LogP contribution in [0.4, 0.5) is 5.69 Å². The fraction of sp³-hybridized carbons (Fsp3) is 0.0833. The van der Waals surface area contributed by atoms with E-state index >= 15 is 0 Å². The molecule has 0 atom stereocenters. The van der Waals surface area contributed by atoms with Crippen molar-refractivity contribution in [2.45, 2.75) is 11.8 Å². The molecule has 0 spiro atoms. The van der Waals surface area contributed by atoms with Gasteiger partial charge in [0.1, 0.15) is 23.9 Å². The van der Waals surface area contributed by atoms with Gasteiger partial charge in [-0.15, -0.1) is 0 Å². The SMILES string of the molecule is Cc1ccc(S(=O)(=O)O)cc1NC(C#N)=C(C#N)C#N. The molecule has 7 nitrogen and oxygen atoms in total. The normalized spacial score (nSPS) is 9.75. The largest absolute Gasteiger partial charge is 0.345 e. The first-order valence-electron chi connectivity index (χ1n) is 5.13. The molecule has 100 valence electrons. The van der Waals surface area contributed by atoms with Crippen molar-refractivity contribution in [1.82, 2.24) is 0 Å². The lowest BCUT2D eigenvalue weighted by Crippen LogP contribution is -2.05. The van der Waals surface area contributed by atoms with Gasteiger partial charge in [0.25, 0.3) is 10.1 Å². The third kappa shape index (κ3) is 3.33. The highest BCUT2D eigenvalue weighted by Gasteiger charge is 2.13. The van der Waals surface area contributed by atoms with Crippen molar-refractivity contribution in [2.24, 2.45) is 0 Å². The lowest BCUT2D eigenvalue weighted by atomic mass is 10.2. The average molecular weight is 288 g/mol. The number of benzene rings is 1. The van der Waals surface area contributed by atoms with Gasteiger partial charge >= 0.3 is 0 Å². The number of aryl methyl sites for hydroxylation is 1. The lowest BCUT2D eigenvalue weighted by molar-refractivity contribution is 0.483. The summed E-state index contributed by atoms with van der Waals surface area (Å²) in [5, 5.41) is 28.8. The summed E-state index contributed by atoms with van der Waals surface area (Å²) in [4.78, 5) is -0.363. The Hall–Kier alpha value is -2.86. The van der Waals surface area contributed by atoms with E-state index in [0.29, 0.717) is 5.56 Å². The monoisotopic (exact) mass is 288 g/mol. The Kier molecular flexibility index (Phi) is 4.45. The van der Waals surface area contributed by atoms with Gasteiger partial charge in [-0.3, -0.25) is 4.55 Å². The molecular weight excluding hydrogens is 280 g/mol. The molecule has 0 fully saturated rings. The predicted octanol–water partition coefficient (Wildman–Crippen LogP) is 1.48. The number of anilines is 1. The second-order valence-corrected chi connectivity index (χ2v) is 5.08. The van der Waals surface area contributed by atoms with E-state index in [0.717, 1.165) is 6.07 Å². The second kappa shape index (κ2) is 5.85. The number of nitrogens with zero attached hydrogens (tertiary/aromatic N) is 3. The first-order valence-corrected chi connectivity index (χ1v) is 6.57. The van der Waals surface area contributed by atoms with Crippen LogP contribution in [0.5, 0.6) is 0 Å². The lowest BCUT2D eigenvalue weighted by Gasteiger charge is -2.09. The van der Waals surface area contributed by atoms with Crippen LogP contribution in [-0.2, 0) is 10.1 Å². The summed E-state index contributed by atoms with van der Waals surface area (Å²) in [6.07, 6.45) is 0. The molecule has 0 aliphatic carbocycles. The molecule has 0 bridgehead atoms. The maximum Gasteiger partial charge on any atom is 0.294 e. The van der Waals surface area contributed by atoms with E-state index < -0.39 is 15.7 Å². The van der Waals surface area contributed by atoms with Crippen LogP contribution in [0, 0.1) is 40.9 Å². The van der Waals surface area contributed by atoms with E-state index in [9.17, 15) is 8.42 Å². The summed E-state index contributed by atoms with van der Waals surface area (Å²) in [6, 6.07) is 8.47. The summed E-state index contributed by atoms with van der Waals surface area (Å²) in [7, 11) is -4.38. The zero-order valence-electron chi connectivity index (χ0n) is 10.2. The zero-order valence-corrected chi connectivity index (χ0v) is 11.1. The van der Waals surface area contributed by atoms with Crippen LogP contribution < -0.4 is 5.32 Å². The predicted molar refractivity (Wildman–Crippen MR) is 68.5 cm³/mol. The molecule has 0 saturated carbocycles. The molecule has 2 N–H and O–H groups in total. The quantitative estimate of drug-likeness (QED) is 0.634. The highest BCUT2D eigenvalue weighted by atomic mass is 32.2. The molecule has 0 aliphatic heterocycles. The Bertz CT molecular complexity index is 789. The number of allylic oxidation sites excluding steroid dienone is 2. The molecule has 0 aliphatic rings. The molecular formula is C12H8N4O3S. The van der Waals surface area contributed by atoms with Crippen molar-refractivity contribution >= 4 is 15.8 Å². The summed E-state index contributed by atoms with van der Waals surface area (Å²) in [5.74, 6) is 0. The number of hydrogen-bond donors (Lipinski definition) is 2. The standard InChI is InChI=1S/C12H8N4O3S/c1-8-2-3-10(20(17,18)19)4-11(8)16-12(7-15)9(5-13)6-14/h2-4,16H,1H3,(H,17,18,19). The number of rotatable bonds is 3. The van der Waals surface area contributed by atoms with Crippen LogP contribution >= 0.6 is 0 Å². The smallest absolute Gasteiger partial charge is 0.294 e. The number of nitriles is 3. The minimum absolute atomic E-state index is 0.194. The van der Waals surface area contributed by atoms with E-state index in [4.69, 9.17) is 20.3 Å². The number of hydrogen-bond acceptors (Lipinski definition) is 6. The third-order valence-electron chi connectivity index (χ3n) is 2.35. The molecule has 8 heteroatoms. The third-order valence-corrected chi connectivity index (χ3v) is 3.20. The van der Waals surface area contributed by atoms with E-state index in [2.05, 4.69) is 5.32 Å². The van der Waals surface area contributed by atoms with E-state index in [1.165, 1.54) is 12.1 Å². The molecule has 0 aromatic heterocycles. The highest BCUT2D eigenvalue weighted by molar-refractivity contribution is 7.85. The van der Waals surface area contributed by atoms with Gasteiger partial charge in [0.2, 0.25) is 0 Å². The summed E-state index contributed by atoms with van der Waals surface area (Å²) < 4.78 is 31.0. The molecule has 0 saturated heterocycles. The summed E-state index contributed by atoms with van der Waals surface area (Å²) >= 11 is 0. The van der Waals surface area contributed by atoms with Gasteiger partial charge in [0.15, 0.2) is 5.57 Å². The van der Waals surface area contributed by atoms with Crippen molar-refractivity contribution in [3.8, 4) is 18.2 Å². The van der Waals surface area contributed by atoms with Crippen molar-refractivity contribution in [3.63, 3.8) is 0 Å². The summed E-state index contributed by atoms with van der Waals surface area (Å²) in [6.45, 7) is 1.63. The van der Waals surface area contributed by atoms with Crippen LogP contribution in [0.25, 0.3) is 0 Å². The van der Waals surface area contributed by atoms with Crippen molar-refractivity contribution < 1.29 is 13.0 Å². The fourth-order valence-corrected chi connectivity index (χ4v) is 1.82. The Morgan fingerprint density at radius 1 is 1.20 bits per heavy atom. The van der Waals surface area contributed by atoms with Gasteiger partial charge in [-0.2, -0.15) is 24.2 Å². The van der Waals surface area contributed by atoms with E-state index in [1.54, 1.807) is 25.1 Å². The van der Waals surface area contributed by atoms with Crippen LogP contribution in [0.2, 0.25) is 0 Å². The minimum Gasteiger partial charge on any atom is -0.345 e. The second-order valence-electron chi connectivity index (χ2n) is 3.66. The highest BCUT2D eigenvalue weighted by Crippen LogP contribution is 2.22. The van der Waals surface area contributed by atoms with Gasteiger partial charge in [-0.1, -0.05) is 6.07 Å². The minimum atomic E-state index is -4.38. The summed E-state index contributed by atoms with van der Waals surface area (Å²) in [5.41, 5.74) is 0.0369. The van der Waals surface area contributed by atoms with E-state index in [1.807, 2.05) is 0 Å². The van der Waals surface area contributed by atoms with Gasteiger partial charge < -0.3 is 5.32 Å². The number of nitrogens with one attached hydrogen (secondary N) is 1. The van der Waals surface area contributed by atoms with Gasteiger partial charge in [0.05, 0.1) is 4.90 Å². The van der Waals surface area contributed by atoms with Crippen molar-refractivity contribution in [3.05, 3.63) is 35.0 Å². The van der Waals surface area contributed by atoms with Crippen LogP contribution in [0.3, 0.4) is 0 Å². The maximum atomic E-state index is 11.0. The zero-order chi connectivity index (χ0) is 15.3. The Morgan fingerprint density at radius 2 is 1.80 bits per heavy atom.